The average Bonchev–Trinajstić information content (AvgIpc) is 2.54. The van der Waals surface area contributed by atoms with Crippen LogP contribution in [0.3, 0.4) is 0 Å². The minimum atomic E-state index is -0.01000. The van der Waals surface area contributed by atoms with Crippen molar-refractivity contribution in [3.05, 3.63) is 17.5 Å². The summed E-state index contributed by atoms with van der Waals surface area (Å²) in [5.41, 5.74) is 9.15. The number of fused-ring (bicyclic) bond motifs is 3. The van der Waals surface area contributed by atoms with Crippen LogP contribution in [0.4, 0.5) is 5.95 Å². The lowest BCUT2D eigenvalue weighted by Gasteiger charge is -2.06. The van der Waals surface area contributed by atoms with Crippen LogP contribution in [0.25, 0.3) is 11.3 Å². The third-order valence-electron chi connectivity index (χ3n) is 3.16. The molecule has 0 saturated carbocycles. The smallest absolute Gasteiger partial charge is 0.223 e. The summed E-state index contributed by atoms with van der Waals surface area (Å²) < 4.78 is 1.85. The third-order valence-corrected chi connectivity index (χ3v) is 3.16. The van der Waals surface area contributed by atoms with Crippen molar-refractivity contribution in [2.45, 2.75) is 19.3 Å². The van der Waals surface area contributed by atoms with E-state index < -0.39 is 0 Å². The van der Waals surface area contributed by atoms with Crippen LogP contribution in [-0.2, 0) is 19.9 Å². The van der Waals surface area contributed by atoms with Crippen molar-refractivity contribution in [2.75, 3.05) is 5.73 Å². The van der Waals surface area contributed by atoms with Crippen molar-refractivity contribution in [1.82, 2.24) is 19.7 Å². The molecule has 2 heterocycles. The van der Waals surface area contributed by atoms with Crippen molar-refractivity contribution in [2.24, 2.45) is 7.05 Å². The van der Waals surface area contributed by atoms with E-state index >= 15 is 0 Å². The van der Waals surface area contributed by atoms with Crippen molar-refractivity contribution >= 4 is 5.95 Å². The predicted octanol–water partition coefficient (Wildman–Crippen LogP) is 0.654. The second kappa shape index (κ2) is 3.44. The topological polar surface area (TPSA) is 89.8 Å². The zero-order valence-corrected chi connectivity index (χ0v) is 9.51. The Kier molecular flexibility index (Phi) is 2.04. The molecule has 3 rings (SSSR count). The Bertz CT molecular complexity index is 590. The van der Waals surface area contributed by atoms with Gasteiger partial charge in [-0.15, -0.1) is 0 Å². The highest BCUT2D eigenvalue weighted by atomic mass is 16.3. The van der Waals surface area contributed by atoms with Crippen LogP contribution in [0.1, 0.15) is 17.7 Å². The Morgan fingerprint density at radius 1 is 1.35 bits per heavy atom. The number of rotatable bonds is 0. The summed E-state index contributed by atoms with van der Waals surface area (Å²) in [4.78, 5) is 8.05. The summed E-state index contributed by atoms with van der Waals surface area (Å²) >= 11 is 0. The van der Waals surface area contributed by atoms with Gasteiger partial charge in [-0.2, -0.15) is 10.1 Å². The number of aromatic nitrogens is 4. The van der Waals surface area contributed by atoms with E-state index in [0.717, 1.165) is 41.8 Å². The van der Waals surface area contributed by atoms with Gasteiger partial charge in [0, 0.05) is 23.9 Å². The van der Waals surface area contributed by atoms with Crippen LogP contribution in [0.2, 0.25) is 0 Å². The SMILES string of the molecule is Cn1ncc2c1CCCc1c(O)nc(N)nc1-2. The lowest BCUT2D eigenvalue weighted by atomic mass is 10.1. The number of nitrogen functional groups attached to an aromatic ring is 1. The lowest BCUT2D eigenvalue weighted by molar-refractivity contribution is 0.445. The summed E-state index contributed by atoms with van der Waals surface area (Å²) in [6, 6.07) is 0. The molecule has 1 aliphatic rings. The Labute approximate surface area is 98.1 Å². The van der Waals surface area contributed by atoms with Gasteiger partial charge in [0.1, 0.15) is 0 Å². The van der Waals surface area contributed by atoms with Gasteiger partial charge in [-0.05, 0) is 19.3 Å². The van der Waals surface area contributed by atoms with Crippen LogP contribution < -0.4 is 5.73 Å². The van der Waals surface area contributed by atoms with Gasteiger partial charge in [-0.1, -0.05) is 0 Å². The Morgan fingerprint density at radius 3 is 3.00 bits per heavy atom. The largest absolute Gasteiger partial charge is 0.493 e. The monoisotopic (exact) mass is 231 g/mol. The first-order chi connectivity index (χ1) is 8.16. The van der Waals surface area contributed by atoms with Crippen LogP contribution in [-0.4, -0.2) is 24.9 Å². The maximum atomic E-state index is 9.84. The molecule has 0 atom stereocenters. The molecular formula is C11H13N5O. The molecule has 88 valence electrons. The standard InChI is InChI=1S/C11H13N5O/c1-16-8-4-2-3-6-9(7(8)5-13-16)14-11(12)15-10(6)17/h5H,2-4H2,1H3,(H3,12,14,15,17). The van der Waals surface area contributed by atoms with E-state index in [9.17, 15) is 5.11 Å². The predicted molar refractivity (Wildman–Crippen MR) is 62.3 cm³/mol. The first kappa shape index (κ1) is 10.1. The lowest BCUT2D eigenvalue weighted by Crippen LogP contribution is -2.01. The van der Waals surface area contributed by atoms with Gasteiger partial charge < -0.3 is 10.8 Å². The van der Waals surface area contributed by atoms with Gasteiger partial charge in [0.2, 0.25) is 11.8 Å². The number of nitrogens with two attached hydrogens (primary N) is 1. The van der Waals surface area contributed by atoms with E-state index in [1.54, 1.807) is 6.20 Å². The summed E-state index contributed by atoms with van der Waals surface area (Å²) in [5.74, 6) is 0.0853. The van der Waals surface area contributed by atoms with Crippen LogP contribution in [0.15, 0.2) is 6.20 Å². The summed E-state index contributed by atoms with van der Waals surface area (Å²) in [7, 11) is 1.91. The molecule has 0 aliphatic heterocycles. The number of nitrogens with zero attached hydrogens (tertiary/aromatic N) is 4. The fraction of sp³-hybridized carbons (Fsp3) is 0.364. The molecule has 1 aliphatic carbocycles. The Morgan fingerprint density at radius 2 is 2.18 bits per heavy atom. The van der Waals surface area contributed by atoms with Crippen LogP contribution in [0.5, 0.6) is 5.88 Å². The van der Waals surface area contributed by atoms with Crippen molar-refractivity contribution in [1.29, 1.82) is 0 Å². The molecule has 0 saturated heterocycles. The normalized spacial score (nSPS) is 13.9. The quantitative estimate of drug-likeness (QED) is 0.695. The summed E-state index contributed by atoms with van der Waals surface area (Å²) in [6.45, 7) is 0. The molecule has 0 bridgehead atoms. The van der Waals surface area contributed by atoms with E-state index in [-0.39, 0.29) is 11.8 Å². The molecule has 6 heteroatoms. The second-order valence-electron chi connectivity index (χ2n) is 4.21. The molecule has 2 aromatic heterocycles. The maximum absolute atomic E-state index is 9.84. The Hall–Kier alpha value is -2.11. The highest BCUT2D eigenvalue weighted by molar-refractivity contribution is 5.68. The van der Waals surface area contributed by atoms with Gasteiger partial charge >= 0.3 is 0 Å². The molecule has 17 heavy (non-hydrogen) atoms. The van der Waals surface area contributed by atoms with E-state index in [4.69, 9.17) is 5.73 Å². The molecule has 0 unspecified atom stereocenters. The molecule has 0 spiro atoms. The van der Waals surface area contributed by atoms with E-state index in [2.05, 4.69) is 15.1 Å². The Balaban J connectivity index is 2.31. The van der Waals surface area contributed by atoms with Crippen LogP contribution >= 0.6 is 0 Å². The maximum Gasteiger partial charge on any atom is 0.223 e. The number of hydrogen-bond donors (Lipinski definition) is 2. The molecule has 0 fully saturated rings. The van der Waals surface area contributed by atoms with Gasteiger partial charge in [-0.3, -0.25) is 4.68 Å². The summed E-state index contributed by atoms with van der Waals surface area (Å²) in [5, 5.41) is 14.1. The summed E-state index contributed by atoms with van der Waals surface area (Å²) in [6.07, 6.45) is 4.39. The first-order valence-corrected chi connectivity index (χ1v) is 5.53. The molecule has 0 radical (unpaired) electrons. The fourth-order valence-corrected chi connectivity index (χ4v) is 2.33. The van der Waals surface area contributed by atoms with Gasteiger partial charge in [-0.25, -0.2) is 4.98 Å². The average molecular weight is 231 g/mol. The first-order valence-electron chi connectivity index (χ1n) is 5.53. The van der Waals surface area contributed by atoms with E-state index in [1.165, 1.54) is 0 Å². The molecule has 0 aromatic carbocycles. The zero-order valence-electron chi connectivity index (χ0n) is 9.51. The highest BCUT2D eigenvalue weighted by Crippen LogP contribution is 2.34. The molecular weight excluding hydrogens is 218 g/mol. The van der Waals surface area contributed by atoms with E-state index in [0.29, 0.717) is 0 Å². The zero-order chi connectivity index (χ0) is 12.0. The molecule has 2 aromatic rings. The second-order valence-corrected chi connectivity index (χ2v) is 4.21. The van der Waals surface area contributed by atoms with Crippen molar-refractivity contribution < 1.29 is 5.11 Å². The number of aromatic hydroxyl groups is 1. The number of aryl methyl sites for hydroxylation is 1. The van der Waals surface area contributed by atoms with E-state index in [1.807, 2.05) is 11.7 Å². The number of hydrogen-bond acceptors (Lipinski definition) is 5. The number of anilines is 1. The minimum Gasteiger partial charge on any atom is -0.493 e. The van der Waals surface area contributed by atoms with Gasteiger partial charge in [0.25, 0.3) is 0 Å². The molecule has 0 amide bonds. The molecule has 6 nitrogen and oxygen atoms in total. The third kappa shape index (κ3) is 1.44. The van der Waals surface area contributed by atoms with Gasteiger partial charge in [0.15, 0.2) is 0 Å². The van der Waals surface area contributed by atoms with Crippen molar-refractivity contribution in [3.8, 4) is 17.1 Å². The van der Waals surface area contributed by atoms with Gasteiger partial charge in [0.05, 0.1) is 11.9 Å². The highest BCUT2D eigenvalue weighted by Gasteiger charge is 2.22. The fourth-order valence-electron chi connectivity index (χ4n) is 2.33. The van der Waals surface area contributed by atoms with Crippen molar-refractivity contribution in [3.63, 3.8) is 0 Å². The van der Waals surface area contributed by atoms with Crippen LogP contribution in [0, 0.1) is 0 Å². The molecule has 3 N–H and O–H groups in total. The minimum absolute atomic E-state index is 0.01000.